The summed E-state index contributed by atoms with van der Waals surface area (Å²) in [6.07, 6.45) is 5.26. The van der Waals surface area contributed by atoms with Gasteiger partial charge in [0.25, 0.3) is 0 Å². The van der Waals surface area contributed by atoms with E-state index in [0.29, 0.717) is 19.3 Å². The van der Waals surface area contributed by atoms with Gasteiger partial charge in [-0.1, -0.05) is 19.1 Å². The highest BCUT2D eigenvalue weighted by atomic mass is 16.4. The molecule has 0 heterocycles. The monoisotopic (exact) mass is 240 g/mol. The number of allylic oxidation sites excluding steroid dienone is 1. The average Bonchev–Trinajstić information content (AvgIpc) is 2.64. The number of aliphatic carboxylic acids is 1. The summed E-state index contributed by atoms with van der Waals surface area (Å²) >= 11 is 0. The van der Waals surface area contributed by atoms with Crippen molar-refractivity contribution in [2.24, 2.45) is 11.8 Å². The lowest BCUT2D eigenvalue weighted by Gasteiger charge is -2.20. The fraction of sp³-hybridized carbons (Fsp3) is 0.692. The second kappa shape index (κ2) is 6.55. The van der Waals surface area contributed by atoms with Crippen LogP contribution in [0.25, 0.3) is 0 Å². The van der Waals surface area contributed by atoms with Crippen molar-refractivity contribution in [2.45, 2.75) is 45.1 Å². The molecule has 0 radical (unpaired) electrons. The number of hydrogen-bond donors (Lipinski definition) is 2. The lowest BCUT2D eigenvalue weighted by atomic mass is 9.86. The molecule has 3 unspecified atom stereocenters. The van der Waals surface area contributed by atoms with Crippen LogP contribution in [0.2, 0.25) is 0 Å². The summed E-state index contributed by atoms with van der Waals surface area (Å²) in [6.45, 7) is 1.96. The predicted molar refractivity (Wildman–Crippen MR) is 63.5 cm³/mol. The number of hydrogen-bond acceptors (Lipinski definition) is 3. The Labute approximate surface area is 101 Å². The van der Waals surface area contributed by atoms with E-state index in [4.69, 9.17) is 5.11 Å². The number of aliphatic hydroxyl groups excluding tert-OH is 1. The van der Waals surface area contributed by atoms with Gasteiger partial charge in [0.05, 0.1) is 12.0 Å². The Morgan fingerprint density at radius 2 is 2.29 bits per heavy atom. The molecule has 96 valence electrons. The minimum Gasteiger partial charge on any atom is -0.481 e. The van der Waals surface area contributed by atoms with Crippen LogP contribution >= 0.6 is 0 Å². The van der Waals surface area contributed by atoms with Crippen molar-refractivity contribution in [3.05, 3.63) is 12.2 Å². The predicted octanol–water partition coefficient (Wildman–Crippen LogP) is 1.77. The number of ketones is 1. The first-order valence-electron chi connectivity index (χ1n) is 6.15. The second-order valence-corrected chi connectivity index (χ2v) is 4.55. The first-order valence-corrected chi connectivity index (χ1v) is 6.15. The maximum atomic E-state index is 11.7. The second-order valence-electron chi connectivity index (χ2n) is 4.55. The molecule has 4 heteroatoms. The van der Waals surface area contributed by atoms with E-state index < -0.39 is 18.0 Å². The highest BCUT2D eigenvalue weighted by Gasteiger charge is 2.38. The zero-order chi connectivity index (χ0) is 12.8. The van der Waals surface area contributed by atoms with Gasteiger partial charge in [0, 0.05) is 12.8 Å². The van der Waals surface area contributed by atoms with Crippen LogP contribution in [0.15, 0.2) is 12.2 Å². The average molecular weight is 240 g/mol. The van der Waals surface area contributed by atoms with Gasteiger partial charge >= 0.3 is 5.97 Å². The van der Waals surface area contributed by atoms with E-state index in [1.54, 1.807) is 6.08 Å². The Morgan fingerprint density at radius 3 is 2.88 bits per heavy atom. The first-order chi connectivity index (χ1) is 8.06. The lowest BCUT2D eigenvalue weighted by Crippen LogP contribution is -2.28. The van der Waals surface area contributed by atoms with E-state index in [0.717, 1.165) is 6.42 Å². The lowest BCUT2D eigenvalue weighted by molar-refractivity contribution is -0.137. The smallest absolute Gasteiger partial charge is 0.303 e. The highest BCUT2D eigenvalue weighted by molar-refractivity contribution is 5.84. The van der Waals surface area contributed by atoms with Crippen molar-refractivity contribution in [1.82, 2.24) is 0 Å². The van der Waals surface area contributed by atoms with E-state index in [1.807, 2.05) is 13.0 Å². The molecule has 1 fully saturated rings. The minimum absolute atomic E-state index is 0.00936. The number of carboxylic acids is 1. The number of carbonyl (C=O) groups is 2. The number of carboxylic acid groups (broad SMARTS) is 1. The molecule has 17 heavy (non-hydrogen) atoms. The number of Topliss-reactive ketones (excluding diaryl/α,β-unsaturated/α-hetero) is 1. The van der Waals surface area contributed by atoms with Gasteiger partial charge in [-0.2, -0.15) is 0 Å². The summed E-state index contributed by atoms with van der Waals surface area (Å²) in [6, 6.07) is 0. The Balaban J connectivity index is 2.61. The maximum Gasteiger partial charge on any atom is 0.303 e. The van der Waals surface area contributed by atoms with Crippen molar-refractivity contribution in [3.8, 4) is 0 Å². The van der Waals surface area contributed by atoms with Crippen LogP contribution in [0.1, 0.15) is 39.0 Å². The molecule has 1 rings (SSSR count). The van der Waals surface area contributed by atoms with Crippen LogP contribution < -0.4 is 0 Å². The molecule has 4 nitrogen and oxygen atoms in total. The van der Waals surface area contributed by atoms with Gasteiger partial charge in [0.2, 0.25) is 0 Å². The summed E-state index contributed by atoms with van der Waals surface area (Å²) in [5, 5.41) is 18.6. The fourth-order valence-corrected chi connectivity index (χ4v) is 2.43. The van der Waals surface area contributed by atoms with E-state index in [1.165, 1.54) is 0 Å². The van der Waals surface area contributed by atoms with Gasteiger partial charge < -0.3 is 10.2 Å². The summed E-state index contributed by atoms with van der Waals surface area (Å²) in [5.74, 6) is -1.18. The molecule has 0 spiro atoms. The van der Waals surface area contributed by atoms with Crippen LogP contribution in [-0.2, 0) is 9.59 Å². The molecule has 0 saturated heterocycles. The standard InChI is InChI=1S/C13H20O4/c1-2-3-4-10(14)13-9(5-7-11(13)15)6-8-12(16)17/h3-4,9-10,13-14H,2,5-8H2,1H3,(H,16,17)/b4-3-. The number of aliphatic hydroxyl groups is 1. The topological polar surface area (TPSA) is 74.6 Å². The molecule has 1 saturated carbocycles. The van der Waals surface area contributed by atoms with Gasteiger partial charge in [0.15, 0.2) is 0 Å². The molecule has 2 N–H and O–H groups in total. The SMILES string of the molecule is CC/C=C\C(O)C1C(=O)CCC1CCC(=O)O. The van der Waals surface area contributed by atoms with Gasteiger partial charge in [-0.25, -0.2) is 0 Å². The largest absolute Gasteiger partial charge is 0.481 e. The highest BCUT2D eigenvalue weighted by Crippen LogP contribution is 2.35. The molecule has 0 amide bonds. The normalized spacial score (nSPS) is 26.6. The van der Waals surface area contributed by atoms with Crippen LogP contribution in [0.5, 0.6) is 0 Å². The third-order valence-corrected chi connectivity index (χ3v) is 3.31. The molecule has 0 aromatic rings. The first kappa shape index (κ1) is 13.9. The van der Waals surface area contributed by atoms with Crippen LogP contribution in [0, 0.1) is 11.8 Å². The molecule has 0 aliphatic heterocycles. The van der Waals surface area contributed by atoms with E-state index in [9.17, 15) is 14.7 Å². The Kier molecular flexibility index (Phi) is 5.35. The summed E-state index contributed by atoms with van der Waals surface area (Å²) in [5.41, 5.74) is 0. The third-order valence-electron chi connectivity index (χ3n) is 3.31. The van der Waals surface area contributed by atoms with Crippen molar-refractivity contribution in [1.29, 1.82) is 0 Å². The van der Waals surface area contributed by atoms with Crippen LogP contribution in [-0.4, -0.2) is 28.1 Å². The Morgan fingerprint density at radius 1 is 1.59 bits per heavy atom. The van der Waals surface area contributed by atoms with Crippen molar-refractivity contribution < 1.29 is 19.8 Å². The van der Waals surface area contributed by atoms with E-state index in [2.05, 4.69) is 0 Å². The van der Waals surface area contributed by atoms with E-state index in [-0.39, 0.29) is 18.1 Å². The molecule has 0 aromatic heterocycles. The minimum atomic E-state index is -0.846. The molecular formula is C13H20O4. The van der Waals surface area contributed by atoms with Crippen molar-refractivity contribution in [3.63, 3.8) is 0 Å². The molecule has 1 aliphatic rings. The zero-order valence-electron chi connectivity index (χ0n) is 10.1. The third kappa shape index (κ3) is 3.97. The van der Waals surface area contributed by atoms with Crippen LogP contribution in [0.3, 0.4) is 0 Å². The van der Waals surface area contributed by atoms with Crippen molar-refractivity contribution in [2.75, 3.05) is 0 Å². The van der Waals surface area contributed by atoms with Gasteiger partial charge in [0.1, 0.15) is 5.78 Å². The maximum absolute atomic E-state index is 11.7. The van der Waals surface area contributed by atoms with E-state index >= 15 is 0 Å². The summed E-state index contributed by atoms with van der Waals surface area (Å²) < 4.78 is 0. The summed E-state index contributed by atoms with van der Waals surface area (Å²) in [4.78, 5) is 22.2. The molecular weight excluding hydrogens is 220 g/mol. The van der Waals surface area contributed by atoms with Gasteiger partial charge in [-0.3, -0.25) is 9.59 Å². The summed E-state index contributed by atoms with van der Waals surface area (Å²) in [7, 11) is 0. The quantitative estimate of drug-likeness (QED) is 0.694. The van der Waals surface area contributed by atoms with Crippen molar-refractivity contribution >= 4 is 11.8 Å². The van der Waals surface area contributed by atoms with Gasteiger partial charge in [-0.05, 0) is 25.2 Å². The Bertz CT molecular complexity index is 309. The molecule has 0 bridgehead atoms. The van der Waals surface area contributed by atoms with Crippen LogP contribution in [0.4, 0.5) is 0 Å². The Hall–Kier alpha value is -1.16. The number of rotatable bonds is 6. The zero-order valence-corrected chi connectivity index (χ0v) is 10.1. The number of carbonyl (C=O) groups excluding carboxylic acids is 1. The molecule has 1 aliphatic carbocycles. The fourth-order valence-electron chi connectivity index (χ4n) is 2.43. The molecule has 0 aromatic carbocycles. The molecule has 3 atom stereocenters. The van der Waals surface area contributed by atoms with Gasteiger partial charge in [-0.15, -0.1) is 0 Å².